The first kappa shape index (κ1) is 16.9. The number of Topliss-reactive ketones (excluding diaryl/α,β-unsaturated/α-hetero) is 1. The van der Waals surface area contributed by atoms with Crippen LogP contribution in [-0.2, 0) is 21.2 Å². The van der Waals surface area contributed by atoms with Crippen LogP contribution in [0, 0.1) is 0 Å². The Hall–Kier alpha value is -2.47. The van der Waals surface area contributed by atoms with Gasteiger partial charge in [0, 0.05) is 12.0 Å². The average Bonchev–Trinajstić information content (AvgIpc) is 2.53. The van der Waals surface area contributed by atoms with Crippen LogP contribution >= 0.6 is 0 Å². The van der Waals surface area contributed by atoms with Gasteiger partial charge in [-0.1, -0.05) is 42.5 Å². The fourth-order valence-electron chi connectivity index (χ4n) is 2.03. The van der Waals surface area contributed by atoms with Crippen LogP contribution in [0.1, 0.15) is 29.3 Å². The molecule has 0 aliphatic carbocycles. The molecule has 0 atom stereocenters. The molecule has 0 bridgehead atoms. The zero-order chi connectivity index (χ0) is 16.9. The van der Waals surface area contributed by atoms with E-state index in [2.05, 4.69) is 0 Å². The average molecular weight is 331 g/mol. The highest BCUT2D eigenvalue weighted by atomic mass is 32.2. The molecule has 2 aromatic rings. The lowest BCUT2D eigenvalue weighted by atomic mass is 10.1. The van der Waals surface area contributed by atoms with E-state index in [1.54, 1.807) is 0 Å². The first-order valence-corrected chi connectivity index (χ1v) is 8.57. The number of ketones is 1. The Labute approximate surface area is 135 Å². The van der Waals surface area contributed by atoms with Gasteiger partial charge in [0.25, 0.3) is 10.0 Å². The molecule has 120 valence electrons. The van der Waals surface area contributed by atoms with Crippen molar-refractivity contribution in [2.45, 2.75) is 24.7 Å². The van der Waals surface area contributed by atoms with Crippen LogP contribution in [0.5, 0.6) is 0 Å². The zero-order valence-electron chi connectivity index (χ0n) is 12.7. The third-order valence-electron chi connectivity index (χ3n) is 3.30. The summed E-state index contributed by atoms with van der Waals surface area (Å²) in [5.74, 6) is -0.717. The normalized spacial score (nSPS) is 11.0. The van der Waals surface area contributed by atoms with E-state index in [1.807, 2.05) is 35.1 Å². The highest BCUT2D eigenvalue weighted by Crippen LogP contribution is 2.11. The number of rotatable bonds is 6. The molecule has 0 aliphatic heterocycles. The maximum absolute atomic E-state index is 12.1. The molecular formula is C17H17NO4S. The third kappa shape index (κ3) is 4.75. The smallest absolute Gasteiger partial charge is 0.264 e. The van der Waals surface area contributed by atoms with Crippen molar-refractivity contribution in [1.29, 1.82) is 0 Å². The van der Waals surface area contributed by atoms with Gasteiger partial charge in [-0.25, -0.2) is 13.1 Å². The number of benzene rings is 2. The summed E-state index contributed by atoms with van der Waals surface area (Å²) in [4.78, 5) is 23.0. The van der Waals surface area contributed by atoms with Gasteiger partial charge in [0.2, 0.25) is 5.91 Å². The van der Waals surface area contributed by atoms with Gasteiger partial charge in [0.15, 0.2) is 5.78 Å². The number of carbonyl (C=O) groups excluding carboxylic acids is 2. The van der Waals surface area contributed by atoms with Gasteiger partial charge in [0.05, 0.1) is 4.90 Å². The Morgan fingerprint density at radius 1 is 0.957 bits per heavy atom. The molecule has 0 unspecified atom stereocenters. The zero-order valence-corrected chi connectivity index (χ0v) is 13.5. The molecule has 23 heavy (non-hydrogen) atoms. The SMILES string of the molecule is CC(=O)c1ccc(S(=O)(=O)NC(=O)CCc2ccccc2)cc1. The molecule has 0 radical (unpaired) electrons. The van der Waals surface area contributed by atoms with Crippen molar-refractivity contribution >= 4 is 21.7 Å². The van der Waals surface area contributed by atoms with Crippen LogP contribution in [0.4, 0.5) is 0 Å². The summed E-state index contributed by atoms with van der Waals surface area (Å²) >= 11 is 0. The van der Waals surface area contributed by atoms with Gasteiger partial charge in [-0.2, -0.15) is 0 Å². The van der Waals surface area contributed by atoms with E-state index < -0.39 is 15.9 Å². The maximum Gasteiger partial charge on any atom is 0.264 e. The van der Waals surface area contributed by atoms with Crippen molar-refractivity contribution in [3.63, 3.8) is 0 Å². The second kappa shape index (κ2) is 7.19. The lowest BCUT2D eigenvalue weighted by Gasteiger charge is -2.07. The van der Waals surface area contributed by atoms with E-state index in [-0.39, 0.29) is 17.1 Å². The Kier molecular flexibility index (Phi) is 5.28. The summed E-state index contributed by atoms with van der Waals surface area (Å²) in [6.45, 7) is 1.40. The van der Waals surface area contributed by atoms with Crippen LogP contribution in [0.15, 0.2) is 59.5 Å². The minimum absolute atomic E-state index is 0.0458. The molecule has 0 fully saturated rings. The monoisotopic (exact) mass is 331 g/mol. The molecule has 0 saturated carbocycles. The summed E-state index contributed by atoms with van der Waals surface area (Å²) in [6.07, 6.45) is 0.542. The van der Waals surface area contributed by atoms with E-state index >= 15 is 0 Å². The molecule has 5 nitrogen and oxygen atoms in total. The molecule has 2 rings (SSSR count). The van der Waals surface area contributed by atoms with Gasteiger partial charge in [-0.15, -0.1) is 0 Å². The summed E-state index contributed by atoms with van der Waals surface area (Å²) < 4.78 is 26.3. The van der Waals surface area contributed by atoms with Gasteiger partial charge in [-0.3, -0.25) is 9.59 Å². The molecule has 0 aliphatic rings. The number of aryl methyl sites for hydroxylation is 1. The molecule has 0 saturated heterocycles. The summed E-state index contributed by atoms with van der Waals surface area (Å²) in [5.41, 5.74) is 1.38. The van der Waals surface area contributed by atoms with Crippen molar-refractivity contribution in [3.05, 3.63) is 65.7 Å². The number of carbonyl (C=O) groups is 2. The number of amides is 1. The maximum atomic E-state index is 12.1. The van der Waals surface area contributed by atoms with Gasteiger partial charge < -0.3 is 0 Å². The lowest BCUT2D eigenvalue weighted by Crippen LogP contribution is -2.30. The van der Waals surface area contributed by atoms with E-state index in [4.69, 9.17) is 0 Å². The largest absolute Gasteiger partial charge is 0.295 e. The van der Waals surface area contributed by atoms with Crippen molar-refractivity contribution in [1.82, 2.24) is 4.72 Å². The summed E-state index contributed by atoms with van der Waals surface area (Å²) in [7, 11) is -3.92. The minimum Gasteiger partial charge on any atom is -0.295 e. The molecule has 2 aromatic carbocycles. The second-order valence-electron chi connectivity index (χ2n) is 5.09. The van der Waals surface area contributed by atoms with Crippen LogP contribution in [-0.4, -0.2) is 20.1 Å². The first-order chi connectivity index (χ1) is 10.9. The van der Waals surface area contributed by atoms with Gasteiger partial charge >= 0.3 is 0 Å². The summed E-state index contributed by atoms with van der Waals surface area (Å²) in [6, 6.07) is 14.8. The highest BCUT2D eigenvalue weighted by molar-refractivity contribution is 7.90. The lowest BCUT2D eigenvalue weighted by molar-refractivity contribution is -0.119. The number of sulfonamides is 1. The van der Waals surface area contributed by atoms with Crippen LogP contribution < -0.4 is 4.72 Å². The predicted molar refractivity (Wildman–Crippen MR) is 86.5 cm³/mol. The van der Waals surface area contributed by atoms with E-state index in [0.29, 0.717) is 12.0 Å². The van der Waals surface area contributed by atoms with E-state index in [0.717, 1.165) is 5.56 Å². The Bertz CT molecular complexity index is 796. The van der Waals surface area contributed by atoms with Crippen molar-refractivity contribution < 1.29 is 18.0 Å². The number of hydrogen-bond acceptors (Lipinski definition) is 4. The molecule has 6 heteroatoms. The van der Waals surface area contributed by atoms with Crippen LogP contribution in [0.3, 0.4) is 0 Å². The Morgan fingerprint density at radius 3 is 2.13 bits per heavy atom. The molecule has 0 spiro atoms. The highest BCUT2D eigenvalue weighted by Gasteiger charge is 2.17. The van der Waals surface area contributed by atoms with Crippen molar-refractivity contribution in [3.8, 4) is 0 Å². The van der Waals surface area contributed by atoms with E-state index in [9.17, 15) is 18.0 Å². The predicted octanol–water partition coefficient (Wildman–Crippen LogP) is 2.33. The molecule has 0 heterocycles. The molecular weight excluding hydrogens is 314 g/mol. The van der Waals surface area contributed by atoms with Crippen molar-refractivity contribution in [2.75, 3.05) is 0 Å². The second-order valence-corrected chi connectivity index (χ2v) is 6.78. The standard InChI is InChI=1S/C17H17NO4S/c1-13(19)15-8-10-16(11-9-15)23(21,22)18-17(20)12-7-14-5-3-2-4-6-14/h2-6,8-11H,7,12H2,1H3,(H,18,20). The topological polar surface area (TPSA) is 80.3 Å². The fraction of sp³-hybridized carbons (Fsp3) is 0.176. The molecule has 0 aromatic heterocycles. The molecule has 1 amide bonds. The van der Waals surface area contributed by atoms with E-state index in [1.165, 1.54) is 31.2 Å². The Morgan fingerprint density at radius 2 is 1.57 bits per heavy atom. The number of hydrogen-bond donors (Lipinski definition) is 1. The van der Waals surface area contributed by atoms with Gasteiger partial charge in [-0.05, 0) is 31.0 Å². The Balaban J connectivity index is 1.99. The minimum atomic E-state index is -3.92. The van der Waals surface area contributed by atoms with Crippen LogP contribution in [0.25, 0.3) is 0 Å². The number of nitrogens with one attached hydrogen (secondary N) is 1. The first-order valence-electron chi connectivity index (χ1n) is 7.09. The summed E-state index contributed by atoms with van der Waals surface area (Å²) in [5, 5.41) is 0. The van der Waals surface area contributed by atoms with Crippen molar-refractivity contribution in [2.24, 2.45) is 0 Å². The van der Waals surface area contributed by atoms with Gasteiger partial charge in [0.1, 0.15) is 0 Å². The molecule has 1 N–H and O–H groups in total. The third-order valence-corrected chi connectivity index (χ3v) is 4.69. The fourth-order valence-corrected chi connectivity index (χ4v) is 3.05. The quantitative estimate of drug-likeness (QED) is 0.824. The van der Waals surface area contributed by atoms with Crippen LogP contribution in [0.2, 0.25) is 0 Å².